The topological polar surface area (TPSA) is 64.4 Å². The standard InChI is InChI=1S/C15H19F3N2O2.ClH/c16-15(17,18)9-22-12-6-4-11(5-7-12)20-14(21)8-10-2-1-3-13(10)19;/h4-7,10,13H,1-3,8-9,19H2,(H,20,21);1H/t10-,13+;/m0./s1. The predicted octanol–water partition coefficient (Wildman–Crippen LogP) is 3.51. The molecule has 0 aromatic heterocycles. The molecule has 0 heterocycles. The smallest absolute Gasteiger partial charge is 0.422 e. The lowest BCUT2D eigenvalue weighted by Gasteiger charge is -2.15. The summed E-state index contributed by atoms with van der Waals surface area (Å²) in [5.41, 5.74) is 6.44. The van der Waals surface area contributed by atoms with Crippen molar-refractivity contribution in [1.82, 2.24) is 0 Å². The van der Waals surface area contributed by atoms with Crippen molar-refractivity contribution >= 4 is 24.0 Å². The highest BCUT2D eigenvalue weighted by Gasteiger charge is 2.28. The van der Waals surface area contributed by atoms with Crippen LogP contribution < -0.4 is 15.8 Å². The van der Waals surface area contributed by atoms with E-state index in [1.54, 1.807) is 0 Å². The van der Waals surface area contributed by atoms with Gasteiger partial charge in [-0.1, -0.05) is 6.42 Å². The summed E-state index contributed by atoms with van der Waals surface area (Å²) < 4.78 is 40.7. The number of hydrogen-bond donors (Lipinski definition) is 2. The van der Waals surface area contributed by atoms with Crippen LogP contribution in [0.2, 0.25) is 0 Å². The maximum atomic E-state index is 12.0. The summed E-state index contributed by atoms with van der Waals surface area (Å²) in [6, 6.07) is 5.88. The Labute approximate surface area is 139 Å². The van der Waals surface area contributed by atoms with Gasteiger partial charge in [0.1, 0.15) is 5.75 Å². The van der Waals surface area contributed by atoms with Gasteiger partial charge in [-0.15, -0.1) is 12.4 Å². The molecule has 1 aliphatic rings. The average molecular weight is 353 g/mol. The fraction of sp³-hybridized carbons (Fsp3) is 0.533. The number of nitrogens with one attached hydrogen (secondary N) is 1. The number of ether oxygens (including phenoxy) is 1. The number of alkyl halides is 3. The summed E-state index contributed by atoms with van der Waals surface area (Å²) in [5, 5.41) is 2.72. The predicted molar refractivity (Wildman–Crippen MR) is 83.8 cm³/mol. The summed E-state index contributed by atoms with van der Waals surface area (Å²) in [6.45, 7) is -1.34. The van der Waals surface area contributed by atoms with E-state index in [9.17, 15) is 18.0 Å². The van der Waals surface area contributed by atoms with Crippen molar-refractivity contribution in [3.05, 3.63) is 24.3 Å². The molecule has 1 aliphatic carbocycles. The summed E-state index contributed by atoms with van der Waals surface area (Å²) in [7, 11) is 0. The van der Waals surface area contributed by atoms with E-state index in [1.807, 2.05) is 0 Å². The van der Waals surface area contributed by atoms with E-state index in [0.29, 0.717) is 12.1 Å². The molecule has 2 rings (SSSR count). The molecule has 0 aliphatic heterocycles. The second kappa shape index (κ2) is 8.40. The normalized spacial score (nSPS) is 20.7. The van der Waals surface area contributed by atoms with E-state index in [4.69, 9.17) is 5.73 Å². The fourth-order valence-corrected chi connectivity index (χ4v) is 2.57. The molecule has 1 fully saturated rings. The third-order valence-electron chi connectivity index (χ3n) is 3.71. The van der Waals surface area contributed by atoms with Crippen molar-refractivity contribution < 1.29 is 22.7 Å². The molecule has 23 heavy (non-hydrogen) atoms. The van der Waals surface area contributed by atoms with Crippen LogP contribution in [-0.2, 0) is 4.79 Å². The Balaban J connectivity index is 0.00000264. The third kappa shape index (κ3) is 6.66. The minimum Gasteiger partial charge on any atom is -0.484 e. The molecular weight excluding hydrogens is 333 g/mol. The van der Waals surface area contributed by atoms with Gasteiger partial charge in [-0.3, -0.25) is 4.79 Å². The Morgan fingerprint density at radius 3 is 2.43 bits per heavy atom. The van der Waals surface area contributed by atoms with Gasteiger partial charge in [0.25, 0.3) is 0 Å². The van der Waals surface area contributed by atoms with Gasteiger partial charge >= 0.3 is 6.18 Å². The molecule has 1 amide bonds. The van der Waals surface area contributed by atoms with Gasteiger partial charge in [-0.25, -0.2) is 0 Å². The highest BCUT2D eigenvalue weighted by molar-refractivity contribution is 5.90. The fourth-order valence-electron chi connectivity index (χ4n) is 2.57. The number of rotatable bonds is 5. The van der Waals surface area contributed by atoms with Crippen molar-refractivity contribution in [3.8, 4) is 5.75 Å². The van der Waals surface area contributed by atoms with Crippen molar-refractivity contribution in [3.63, 3.8) is 0 Å². The van der Waals surface area contributed by atoms with Crippen LogP contribution in [0.25, 0.3) is 0 Å². The Kier molecular flexibility index (Phi) is 7.15. The summed E-state index contributed by atoms with van der Waals surface area (Å²) in [4.78, 5) is 11.9. The highest BCUT2D eigenvalue weighted by atomic mass is 35.5. The number of benzene rings is 1. The van der Waals surface area contributed by atoms with Gasteiger partial charge in [0, 0.05) is 18.2 Å². The lowest BCUT2D eigenvalue weighted by atomic mass is 10.00. The van der Waals surface area contributed by atoms with Gasteiger partial charge in [-0.05, 0) is 43.0 Å². The van der Waals surface area contributed by atoms with Crippen LogP contribution in [0.4, 0.5) is 18.9 Å². The minimum absolute atomic E-state index is 0. The molecule has 0 radical (unpaired) electrons. The zero-order chi connectivity index (χ0) is 16.2. The van der Waals surface area contributed by atoms with Crippen molar-refractivity contribution in [2.45, 2.75) is 37.9 Å². The van der Waals surface area contributed by atoms with Crippen LogP contribution in [0.5, 0.6) is 5.75 Å². The quantitative estimate of drug-likeness (QED) is 0.852. The first kappa shape index (κ1) is 19.6. The van der Waals surface area contributed by atoms with Gasteiger partial charge < -0.3 is 15.8 Å². The lowest BCUT2D eigenvalue weighted by molar-refractivity contribution is -0.153. The van der Waals surface area contributed by atoms with Crippen LogP contribution in [0.15, 0.2) is 24.3 Å². The monoisotopic (exact) mass is 352 g/mol. The molecule has 8 heteroatoms. The van der Waals surface area contributed by atoms with Crippen molar-refractivity contribution in [1.29, 1.82) is 0 Å². The number of halogens is 4. The van der Waals surface area contributed by atoms with Crippen LogP contribution in [0.3, 0.4) is 0 Å². The van der Waals surface area contributed by atoms with Gasteiger partial charge in [0.2, 0.25) is 5.91 Å². The molecule has 2 atom stereocenters. The van der Waals surface area contributed by atoms with Crippen LogP contribution in [0, 0.1) is 5.92 Å². The second-order valence-electron chi connectivity index (χ2n) is 5.54. The van der Waals surface area contributed by atoms with Gasteiger partial charge in [0.05, 0.1) is 0 Å². The number of nitrogens with two attached hydrogens (primary N) is 1. The molecule has 130 valence electrons. The van der Waals surface area contributed by atoms with E-state index in [-0.39, 0.29) is 36.0 Å². The molecule has 0 bridgehead atoms. The van der Waals surface area contributed by atoms with Gasteiger partial charge in [-0.2, -0.15) is 13.2 Å². The first-order valence-electron chi connectivity index (χ1n) is 7.18. The largest absolute Gasteiger partial charge is 0.484 e. The maximum Gasteiger partial charge on any atom is 0.422 e. The SMILES string of the molecule is Cl.N[C@@H]1CCC[C@H]1CC(=O)Nc1ccc(OCC(F)(F)F)cc1. The van der Waals surface area contributed by atoms with Crippen LogP contribution in [0.1, 0.15) is 25.7 Å². The number of amides is 1. The molecule has 1 aromatic rings. The lowest BCUT2D eigenvalue weighted by Crippen LogP contribution is -2.28. The molecule has 0 spiro atoms. The molecule has 3 N–H and O–H groups in total. The van der Waals surface area contributed by atoms with E-state index >= 15 is 0 Å². The number of carbonyl (C=O) groups is 1. The van der Waals surface area contributed by atoms with E-state index < -0.39 is 12.8 Å². The Bertz CT molecular complexity index is 508. The van der Waals surface area contributed by atoms with Crippen LogP contribution >= 0.6 is 12.4 Å². The highest BCUT2D eigenvalue weighted by Crippen LogP contribution is 2.27. The zero-order valence-electron chi connectivity index (χ0n) is 12.4. The molecule has 0 saturated heterocycles. The van der Waals surface area contributed by atoms with Crippen molar-refractivity contribution in [2.75, 3.05) is 11.9 Å². The van der Waals surface area contributed by atoms with Crippen molar-refractivity contribution in [2.24, 2.45) is 11.7 Å². The first-order chi connectivity index (χ1) is 10.3. The number of anilines is 1. The summed E-state index contributed by atoms with van der Waals surface area (Å²) in [5.74, 6) is 0.175. The molecule has 1 saturated carbocycles. The minimum atomic E-state index is -4.37. The Morgan fingerprint density at radius 2 is 1.91 bits per heavy atom. The van der Waals surface area contributed by atoms with E-state index in [2.05, 4.69) is 10.1 Å². The number of carbonyl (C=O) groups excluding carboxylic acids is 1. The maximum absolute atomic E-state index is 12.0. The Morgan fingerprint density at radius 1 is 1.26 bits per heavy atom. The second-order valence-corrected chi connectivity index (χ2v) is 5.54. The molecule has 0 unspecified atom stereocenters. The molecule has 1 aromatic carbocycles. The average Bonchev–Trinajstić information content (AvgIpc) is 2.82. The summed E-state index contributed by atoms with van der Waals surface area (Å²) >= 11 is 0. The van der Waals surface area contributed by atoms with Crippen LogP contribution in [-0.4, -0.2) is 24.7 Å². The first-order valence-corrected chi connectivity index (χ1v) is 7.18. The van der Waals surface area contributed by atoms with E-state index in [1.165, 1.54) is 24.3 Å². The zero-order valence-corrected chi connectivity index (χ0v) is 13.3. The third-order valence-corrected chi connectivity index (χ3v) is 3.71. The van der Waals surface area contributed by atoms with Gasteiger partial charge in [0.15, 0.2) is 6.61 Å². The molecular formula is C15H20ClF3N2O2. The number of hydrogen-bond acceptors (Lipinski definition) is 3. The van der Waals surface area contributed by atoms with E-state index in [0.717, 1.165) is 19.3 Å². The summed E-state index contributed by atoms with van der Waals surface area (Å²) in [6.07, 6.45) is -1.05. The molecule has 4 nitrogen and oxygen atoms in total. The Hall–Kier alpha value is -1.47.